The van der Waals surface area contributed by atoms with Crippen LogP contribution in [0.1, 0.15) is 30.6 Å². The molecule has 0 aliphatic carbocycles. The van der Waals surface area contributed by atoms with Crippen LogP contribution < -0.4 is 9.64 Å². The van der Waals surface area contributed by atoms with E-state index in [4.69, 9.17) is 4.74 Å². The minimum atomic E-state index is -0.721. The Kier molecular flexibility index (Phi) is 6.84. The number of hydrogen-bond acceptors (Lipinski definition) is 5. The van der Waals surface area contributed by atoms with Crippen molar-refractivity contribution in [3.63, 3.8) is 0 Å². The van der Waals surface area contributed by atoms with Crippen LogP contribution in [-0.4, -0.2) is 60.5 Å². The topological polar surface area (TPSA) is 84.2 Å². The van der Waals surface area contributed by atoms with Crippen molar-refractivity contribution >= 4 is 17.4 Å². The normalized spacial score (nSPS) is 18.3. The Labute approximate surface area is 176 Å². The van der Waals surface area contributed by atoms with Crippen LogP contribution in [0.3, 0.4) is 0 Å². The van der Waals surface area contributed by atoms with Crippen LogP contribution in [0.5, 0.6) is 5.75 Å². The van der Waals surface area contributed by atoms with Crippen molar-refractivity contribution in [1.82, 2.24) is 9.88 Å². The first-order valence-corrected chi connectivity index (χ1v) is 10.2. The number of quaternary nitrogens is 1. The van der Waals surface area contributed by atoms with Gasteiger partial charge in [-0.1, -0.05) is 13.0 Å². The number of ether oxygens (including phenoxy) is 1. The van der Waals surface area contributed by atoms with Crippen molar-refractivity contribution in [2.24, 2.45) is 0 Å². The molecule has 1 atom stereocenters. The van der Waals surface area contributed by atoms with E-state index in [-0.39, 0.29) is 11.3 Å². The number of aliphatic hydroxyl groups is 1. The monoisotopic (exact) mass is 410 g/mol. The van der Waals surface area contributed by atoms with Crippen LogP contribution in [0, 0.1) is 0 Å². The van der Waals surface area contributed by atoms with Gasteiger partial charge in [-0.05, 0) is 42.8 Å². The number of hydrogen-bond donors (Lipinski definition) is 2. The number of nitrogens with zero attached hydrogens (tertiary/aromatic N) is 2. The molecule has 1 aromatic heterocycles. The number of pyridine rings is 1. The average molecular weight is 410 g/mol. The van der Waals surface area contributed by atoms with Crippen LogP contribution in [-0.2, 0) is 9.59 Å². The van der Waals surface area contributed by atoms with E-state index in [0.29, 0.717) is 36.7 Å². The zero-order valence-electron chi connectivity index (χ0n) is 17.6. The maximum absolute atomic E-state index is 12.9. The molecule has 30 heavy (non-hydrogen) atoms. The van der Waals surface area contributed by atoms with Gasteiger partial charge < -0.3 is 19.6 Å². The Balaban J connectivity index is 2.03. The van der Waals surface area contributed by atoms with Gasteiger partial charge in [-0.15, -0.1) is 0 Å². The summed E-state index contributed by atoms with van der Waals surface area (Å²) < 4.78 is 5.58. The smallest absolute Gasteiger partial charge is 0.295 e. The number of likely N-dealkylation sites (N-methyl/N-ethyl adjacent to an activating group) is 1. The predicted octanol–water partition coefficient (Wildman–Crippen LogP) is 1.44. The fourth-order valence-corrected chi connectivity index (χ4v) is 3.38. The number of carbonyl (C=O) groups is 2. The van der Waals surface area contributed by atoms with Gasteiger partial charge >= 0.3 is 0 Å². The summed E-state index contributed by atoms with van der Waals surface area (Å²) in [6.07, 6.45) is 2.51. The molecule has 0 unspecified atom stereocenters. The molecule has 0 bridgehead atoms. The second kappa shape index (κ2) is 9.54. The highest BCUT2D eigenvalue weighted by Gasteiger charge is 2.46. The van der Waals surface area contributed by atoms with Crippen molar-refractivity contribution in [1.29, 1.82) is 0 Å². The van der Waals surface area contributed by atoms with Gasteiger partial charge in [0.25, 0.3) is 11.7 Å². The fraction of sp³-hybridized carbons (Fsp3) is 0.348. The first-order valence-electron chi connectivity index (χ1n) is 10.2. The van der Waals surface area contributed by atoms with Gasteiger partial charge in [-0.2, -0.15) is 0 Å². The largest absolute Gasteiger partial charge is 0.507 e. The number of nitrogens with one attached hydrogen (secondary N) is 1. The lowest BCUT2D eigenvalue weighted by Gasteiger charge is -2.24. The maximum atomic E-state index is 12.9. The van der Waals surface area contributed by atoms with E-state index in [0.717, 1.165) is 11.3 Å². The molecule has 1 aromatic carbocycles. The van der Waals surface area contributed by atoms with Crippen LogP contribution in [0.4, 0.5) is 0 Å². The molecule has 1 aliphatic rings. The van der Waals surface area contributed by atoms with E-state index in [1.807, 2.05) is 21.0 Å². The van der Waals surface area contributed by atoms with Crippen molar-refractivity contribution in [2.75, 3.05) is 33.8 Å². The summed E-state index contributed by atoms with van der Waals surface area (Å²) in [7, 11) is 3.96. The summed E-state index contributed by atoms with van der Waals surface area (Å²) in [6.45, 7) is 3.67. The van der Waals surface area contributed by atoms with Crippen LogP contribution in [0.25, 0.3) is 5.76 Å². The summed E-state index contributed by atoms with van der Waals surface area (Å²) in [6, 6.07) is 11.5. The van der Waals surface area contributed by atoms with Crippen molar-refractivity contribution in [3.8, 4) is 5.75 Å². The van der Waals surface area contributed by atoms with E-state index >= 15 is 0 Å². The zero-order chi connectivity index (χ0) is 21.7. The molecule has 1 amide bonds. The third-order valence-corrected chi connectivity index (χ3v) is 4.96. The molecule has 158 valence electrons. The molecule has 7 nitrogen and oxygen atoms in total. The van der Waals surface area contributed by atoms with Gasteiger partial charge in [-0.3, -0.25) is 14.6 Å². The van der Waals surface area contributed by atoms with E-state index < -0.39 is 17.7 Å². The molecule has 1 fully saturated rings. The Bertz CT molecular complexity index is 923. The van der Waals surface area contributed by atoms with Gasteiger partial charge in [-0.25, -0.2) is 0 Å². The number of ketones is 1. The number of benzene rings is 1. The number of amides is 1. The molecule has 7 heteroatoms. The molecule has 2 aromatic rings. The van der Waals surface area contributed by atoms with E-state index in [9.17, 15) is 14.7 Å². The number of aliphatic hydroxyl groups excluding tert-OH is 1. The van der Waals surface area contributed by atoms with E-state index in [2.05, 4.69) is 4.98 Å². The molecule has 3 rings (SSSR count). The lowest BCUT2D eigenvalue weighted by Crippen LogP contribution is -3.06. The summed E-state index contributed by atoms with van der Waals surface area (Å²) in [5.74, 6) is -0.825. The first kappa shape index (κ1) is 21.5. The average Bonchev–Trinajstić information content (AvgIpc) is 3.01. The highest BCUT2D eigenvalue weighted by Crippen LogP contribution is 2.38. The third kappa shape index (κ3) is 4.52. The highest BCUT2D eigenvalue weighted by atomic mass is 16.5. The maximum Gasteiger partial charge on any atom is 0.295 e. The highest BCUT2D eigenvalue weighted by molar-refractivity contribution is 6.46. The standard InChI is InChI=1S/C23H27N3O4/c1-4-15-30-17-10-8-16(9-11-17)21(27)19-20(18-7-5-6-12-24-18)26(14-13-25(2)3)23(29)22(19)28/h5-12,20,27H,4,13-15H2,1-3H3/p+1/t20-/m0/s1. The summed E-state index contributed by atoms with van der Waals surface area (Å²) in [4.78, 5) is 32.7. The van der Waals surface area contributed by atoms with Crippen LogP contribution in [0.2, 0.25) is 0 Å². The number of Topliss-reactive ketones (excluding diaryl/α,β-unsaturated/α-hetero) is 1. The molecular formula is C23H28N3O4+. The van der Waals surface area contributed by atoms with Crippen molar-refractivity contribution < 1.29 is 24.3 Å². The van der Waals surface area contributed by atoms with Crippen LogP contribution in [0.15, 0.2) is 54.2 Å². The molecule has 0 radical (unpaired) electrons. The second-order valence-electron chi connectivity index (χ2n) is 7.58. The second-order valence-corrected chi connectivity index (χ2v) is 7.58. The molecular weight excluding hydrogens is 382 g/mol. The summed E-state index contributed by atoms with van der Waals surface area (Å²) in [5, 5.41) is 11.0. The van der Waals surface area contributed by atoms with Gasteiger partial charge in [0.1, 0.15) is 17.6 Å². The lowest BCUT2D eigenvalue weighted by molar-refractivity contribution is -0.857. The van der Waals surface area contributed by atoms with E-state index in [1.54, 1.807) is 48.7 Å². The zero-order valence-corrected chi connectivity index (χ0v) is 17.6. The minimum absolute atomic E-state index is 0.0645. The quantitative estimate of drug-likeness (QED) is 0.391. The predicted molar refractivity (Wildman–Crippen MR) is 113 cm³/mol. The molecule has 0 saturated carbocycles. The summed E-state index contributed by atoms with van der Waals surface area (Å²) in [5.41, 5.74) is 1.07. The third-order valence-electron chi connectivity index (χ3n) is 4.96. The number of rotatable bonds is 8. The number of aromatic nitrogens is 1. The SMILES string of the molecule is CCCOc1ccc(C(O)=C2C(=O)C(=O)N(CC[NH+](C)C)[C@H]2c2ccccn2)cc1. The van der Waals surface area contributed by atoms with Gasteiger partial charge in [0.05, 0.1) is 45.1 Å². The molecule has 2 heterocycles. The Morgan fingerprint density at radius 1 is 1.17 bits per heavy atom. The molecule has 2 N–H and O–H groups in total. The molecule has 1 saturated heterocycles. The first-order chi connectivity index (χ1) is 14.4. The molecule has 1 aliphatic heterocycles. The van der Waals surface area contributed by atoms with Gasteiger partial charge in [0, 0.05) is 11.8 Å². The van der Waals surface area contributed by atoms with Crippen molar-refractivity contribution in [3.05, 3.63) is 65.5 Å². The Morgan fingerprint density at radius 3 is 2.50 bits per heavy atom. The van der Waals surface area contributed by atoms with Gasteiger partial charge in [0.15, 0.2) is 0 Å². The van der Waals surface area contributed by atoms with Gasteiger partial charge in [0.2, 0.25) is 0 Å². The lowest BCUT2D eigenvalue weighted by atomic mass is 9.98. The van der Waals surface area contributed by atoms with Crippen molar-refractivity contribution in [2.45, 2.75) is 19.4 Å². The minimum Gasteiger partial charge on any atom is -0.507 e. The Hall–Kier alpha value is -3.19. The number of carbonyl (C=O) groups excluding carboxylic acids is 2. The fourth-order valence-electron chi connectivity index (χ4n) is 3.38. The summed E-state index contributed by atoms with van der Waals surface area (Å²) >= 11 is 0. The number of likely N-dealkylation sites (tertiary alicyclic amines) is 1. The molecule has 0 spiro atoms. The van der Waals surface area contributed by atoms with E-state index in [1.165, 1.54) is 4.90 Å². The Morgan fingerprint density at radius 2 is 1.90 bits per heavy atom. The van der Waals surface area contributed by atoms with Crippen LogP contribution >= 0.6 is 0 Å².